The number of amides is 2. The van der Waals surface area contributed by atoms with Crippen molar-refractivity contribution in [3.8, 4) is 11.5 Å². The highest BCUT2D eigenvalue weighted by molar-refractivity contribution is 8.18. The maximum absolute atomic E-state index is 11.4. The van der Waals surface area contributed by atoms with Gasteiger partial charge in [-0.2, -0.15) is 0 Å². The molecule has 18 heavy (non-hydrogen) atoms. The number of nitrogens with one attached hydrogen (secondary N) is 1. The summed E-state index contributed by atoms with van der Waals surface area (Å²) in [5.41, 5.74) is 0.438. The number of carbonyl (C=O) groups excluding carboxylic acids is 2. The molecule has 2 N–H and O–H groups in total. The second-order valence-corrected chi connectivity index (χ2v) is 4.52. The predicted octanol–water partition coefficient (Wildman–Crippen LogP) is 2.11. The van der Waals surface area contributed by atoms with Gasteiger partial charge in [0.1, 0.15) is 11.5 Å². The maximum atomic E-state index is 11.4. The number of carbonyl (C=O) groups is 2. The average molecular weight is 265 g/mol. The number of phenolic OH excluding ortho intramolecular Hbond substituents is 1. The Kier molecular flexibility index (Phi) is 3.57. The molecule has 1 fully saturated rings. The molecule has 0 bridgehead atoms. The van der Waals surface area contributed by atoms with E-state index in [4.69, 9.17) is 4.74 Å². The van der Waals surface area contributed by atoms with Gasteiger partial charge in [-0.25, -0.2) is 0 Å². The summed E-state index contributed by atoms with van der Waals surface area (Å²) in [6.07, 6.45) is 1.46. The van der Waals surface area contributed by atoms with Gasteiger partial charge in [-0.1, -0.05) is 0 Å². The summed E-state index contributed by atoms with van der Waals surface area (Å²) < 4.78 is 5.30. The van der Waals surface area contributed by atoms with Gasteiger partial charge in [-0.15, -0.1) is 0 Å². The van der Waals surface area contributed by atoms with Crippen LogP contribution in [0.2, 0.25) is 0 Å². The first-order valence-electron chi connectivity index (χ1n) is 5.31. The number of ether oxygens (including phenoxy) is 1. The lowest BCUT2D eigenvalue weighted by Gasteiger charge is -2.05. The van der Waals surface area contributed by atoms with Crippen LogP contribution >= 0.6 is 11.8 Å². The number of imide groups is 1. The lowest BCUT2D eigenvalue weighted by Crippen LogP contribution is -2.17. The molecule has 2 rings (SSSR count). The third kappa shape index (κ3) is 2.65. The molecule has 0 unspecified atom stereocenters. The molecule has 0 atom stereocenters. The van der Waals surface area contributed by atoms with Crippen molar-refractivity contribution >= 4 is 29.0 Å². The van der Waals surface area contributed by atoms with Gasteiger partial charge < -0.3 is 9.84 Å². The van der Waals surface area contributed by atoms with Crippen LogP contribution in [0.15, 0.2) is 23.1 Å². The standard InChI is InChI=1S/C12H11NO4S/c1-2-17-8-3-4-9(14)7(5-8)6-10-11(15)13-12(16)18-10/h3-6,14H,2H2,1H3,(H,13,15,16)/b10-6-. The zero-order valence-electron chi connectivity index (χ0n) is 9.60. The Morgan fingerprint density at radius 1 is 1.44 bits per heavy atom. The molecule has 1 saturated heterocycles. The highest BCUT2D eigenvalue weighted by atomic mass is 32.2. The van der Waals surface area contributed by atoms with E-state index in [-0.39, 0.29) is 10.7 Å². The predicted molar refractivity (Wildman–Crippen MR) is 68.4 cm³/mol. The molecule has 5 nitrogen and oxygen atoms in total. The number of hydrogen-bond donors (Lipinski definition) is 2. The molecule has 0 spiro atoms. The average Bonchev–Trinajstić information content (AvgIpc) is 2.62. The fourth-order valence-electron chi connectivity index (χ4n) is 1.47. The second kappa shape index (κ2) is 5.14. The molecule has 94 valence electrons. The van der Waals surface area contributed by atoms with Crippen molar-refractivity contribution in [2.45, 2.75) is 6.92 Å². The van der Waals surface area contributed by atoms with Crippen LogP contribution in [0, 0.1) is 0 Å². The molecule has 1 aliphatic heterocycles. The first kappa shape index (κ1) is 12.5. The van der Waals surface area contributed by atoms with E-state index in [1.54, 1.807) is 12.1 Å². The SMILES string of the molecule is CCOc1ccc(O)c(/C=C2\SC(=O)NC2=O)c1. The molecule has 0 aliphatic carbocycles. The van der Waals surface area contributed by atoms with E-state index < -0.39 is 11.1 Å². The largest absolute Gasteiger partial charge is 0.507 e. The summed E-state index contributed by atoms with van der Waals surface area (Å²) in [7, 11) is 0. The minimum atomic E-state index is -0.453. The van der Waals surface area contributed by atoms with Crippen LogP contribution in [0.3, 0.4) is 0 Å². The molecule has 0 radical (unpaired) electrons. The third-order valence-electron chi connectivity index (χ3n) is 2.24. The molecular weight excluding hydrogens is 254 g/mol. The number of aromatic hydroxyl groups is 1. The van der Waals surface area contributed by atoms with E-state index in [9.17, 15) is 14.7 Å². The lowest BCUT2D eigenvalue weighted by molar-refractivity contribution is -0.115. The van der Waals surface area contributed by atoms with E-state index >= 15 is 0 Å². The summed E-state index contributed by atoms with van der Waals surface area (Å²) in [6.45, 7) is 2.36. The van der Waals surface area contributed by atoms with Gasteiger partial charge in [0, 0.05) is 5.56 Å². The second-order valence-electron chi connectivity index (χ2n) is 3.51. The molecule has 1 heterocycles. The fraction of sp³-hybridized carbons (Fsp3) is 0.167. The first-order chi connectivity index (χ1) is 8.60. The normalized spacial score (nSPS) is 17.1. The highest BCUT2D eigenvalue weighted by Crippen LogP contribution is 2.30. The molecule has 2 amide bonds. The summed E-state index contributed by atoms with van der Waals surface area (Å²) in [5.74, 6) is 0.168. The highest BCUT2D eigenvalue weighted by Gasteiger charge is 2.25. The van der Waals surface area contributed by atoms with E-state index in [2.05, 4.69) is 5.32 Å². The zero-order valence-corrected chi connectivity index (χ0v) is 10.4. The number of hydrogen-bond acceptors (Lipinski definition) is 5. The van der Waals surface area contributed by atoms with Crippen LogP contribution in [0.4, 0.5) is 4.79 Å². The zero-order chi connectivity index (χ0) is 13.1. The van der Waals surface area contributed by atoms with Crippen LogP contribution in [-0.2, 0) is 4.79 Å². The van der Waals surface area contributed by atoms with Crippen molar-refractivity contribution in [2.75, 3.05) is 6.61 Å². The molecule has 0 saturated carbocycles. The topological polar surface area (TPSA) is 75.6 Å². The minimum absolute atomic E-state index is 0.0266. The number of benzene rings is 1. The Labute approximate surface area is 108 Å². The first-order valence-corrected chi connectivity index (χ1v) is 6.12. The Hall–Kier alpha value is -1.95. The maximum Gasteiger partial charge on any atom is 0.290 e. The fourth-order valence-corrected chi connectivity index (χ4v) is 2.14. The Balaban J connectivity index is 2.33. The summed E-state index contributed by atoms with van der Waals surface area (Å²) >= 11 is 0.806. The van der Waals surface area contributed by atoms with Gasteiger partial charge in [0.05, 0.1) is 11.5 Å². The van der Waals surface area contributed by atoms with Crippen molar-refractivity contribution in [1.29, 1.82) is 0 Å². The number of thioether (sulfide) groups is 1. The number of rotatable bonds is 3. The van der Waals surface area contributed by atoms with Gasteiger partial charge in [0.15, 0.2) is 0 Å². The monoisotopic (exact) mass is 265 g/mol. The quantitative estimate of drug-likeness (QED) is 0.819. The summed E-state index contributed by atoms with van der Waals surface area (Å²) in [5, 5.41) is 11.4. The van der Waals surface area contributed by atoms with Crippen molar-refractivity contribution in [2.24, 2.45) is 0 Å². The summed E-state index contributed by atoms with van der Waals surface area (Å²) in [4.78, 5) is 22.6. The van der Waals surface area contributed by atoms with Crippen LogP contribution in [0.5, 0.6) is 11.5 Å². The molecule has 0 aromatic heterocycles. The van der Waals surface area contributed by atoms with E-state index in [1.165, 1.54) is 12.1 Å². The van der Waals surface area contributed by atoms with Crippen LogP contribution in [-0.4, -0.2) is 22.9 Å². The molecule has 1 aromatic carbocycles. The van der Waals surface area contributed by atoms with Gasteiger partial charge in [-0.3, -0.25) is 14.9 Å². The van der Waals surface area contributed by atoms with Crippen LogP contribution < -0.4 is 10.1 Å². The number of phenols is 1. The Morgan fingerprint density at radius 2 is 2.22 bits per heavy atom. The molecule has 6 heteroatoms. The van der Waals surface area contributed by atoms with E-state index in [1.807, 2.05) is 6.92 Å². The van der Waals surface area contributed by atoms with Gasteiger partial charge in [-0.05, 0) is 43.0 Å². The van der Waals surface area contributed by atoms with Crippen molar-refractivity contribution in [3.05, 3.63) is 28.7 Å². The van der Waals surface area contributed by atoms with Gasteiger partial charge >= 0.3 is 0 Å². The van der Waals surface area contributed by atoms with E-state index in [0.29, 0.717) is 17.9 Å². The minimum Gasteiger partial charge on any atom is -0.507 e. The summed E-state index contributed by atoms with van der Waals surface area (Å²) in [6, 6.07) is 4.73. The van der Waals surface area contributed by atoms with Crippen LogP contribution in [0.1, 0.15) is 12.5 Å². The van der Waals surface area contributed by atoms with Crippen molar-refractivity contribution in [3.63, 3.8) is 0 Å². The van der Waals surface area contributed by atoms with E-state index in [0.717, 1.165) is 11.8 Å². The Morgan fingerprint density at radius 3 is 2.83 bits per heavy atom. The smallest absolute Gasteiger partial charge is 0.290 e. The molecular formula is C12H11NO4S. The Bertz CT molecular complexity index is 539. The van der Waals surface area contributed by atoms with Gasteiger partial charge in [0.25, 0.3) is 11.1 Å². The molecule has 1 aliphatic rings. The third-order valence-corrected chi connectivity index (χ3v) is 3.05. The van der Waals surface area contributed by atoms with Crippen molar-refractivity contribution < 1.29 is 19.4 Å². The molecule has 1 aromatic rings. The van der Waals surface area contributed by atoms with Gasteiger partial charge in [0.2, 0.25) is 0 Å². The van der Waals surface area contributed by atoms with Crippen LogP contribution in [0.25, 0.3) is 6.08 Å². The lowest BCUT2D eigenvalue weighted by atomic mass is 10.1. The van der Waals surface area contributed by atoms with Crippen molar-refractivity contribution in [1.82, 2.24) is 5.32 Å².